The highest BCUT2D eigenvalue weighted by molar-refractivity contribution is 6.01. The van der Waals surface area contributed by atoms with Gasteiger partial charge in [0.1, 0.15) is 0 Å². The molecule has 204 valence electrons. The minimum atomic E-state index is -0.160. The third-order valence-corrected chi connectivity index (χ3v) is 8.72. The van der Waals surface area contributed by atoms with Gasteiger partial charge in [0.2, 0.25) is 0 Å². The summed E-state index contributed by atoms with van der Waals surface area (Å²) < 4.78 is 0. The van der Waals surface area contributed by atoms with E-state index < -0.39 is 0 Å². The molecule has 6 aromatic carbocycles. The summed E-state index contributed by atoms with van der Waals surface area (Å²) >= 11 is 0. The topological polar surface area (TPSA) is 38.7 Å². The molecule has 0 N–H and O–H groups in total. The van der Waals surface area contributed by atoms with E-state index in [-0.39, 0.29) is 5.41 Å². The van der Waals surface area contributed by atoms with Gasteiger partial charge in [0.25, 0.3) is 0 Å². The smallest absolute Gasteiger partial charge is 0.164 e. The highest BCUT2D eigenvalue weighted by Gasteiger charge is 2.38. The van der Waals surface area contributed by atoms with E-state index in [4.69, 9.17) is 15.0 Å². The third-order valence-electron chi connectivity index (χ3n) is 8.72. The van der Waals surface area contributed by atoms with Crippen molar-refractivity contribution in [3.63, 3.8) is 0 Å². The van der Waals surface area contributed by atoms with E-state index in [0.717, 1.165) is 22.3 Å². The maximum Gasteiger partial charge on any atom is 0.164 e. The molecule has 1 aliphatic carbocycles. The maximum atomic E-state index is 5.14. The molecule has 3 heteroatoms. The highest BCUT2D eigenvalue weighted by Crippen LogP contribution is 2.54. The number of benzene rings is 6. The Bertz CT molecular complexity index is 2130. The molecule has 0 spiro atoms. The predicted octanol–water partition coefficient (Wildman–Crippen LogP) is 10.00. The second-order valence-electron chi connectivity index (χ2n) is 11.7. The first kappa shape index (κ1) is 25.3. The van der Waals surface area contributed by atoms with Crippen molar-refractivity contribution in [1.82, 2.24) is 15.0 Å². The van der Waals surface area contributed by atoms with Crippen LogP contribution in [-0.2, 0) is 5.41 Å². The lowest BCUT2D eigenvalue weighted by molar-refractivity contribution is 0.666. The molecule has 0 aliphatic heterocycles. The van der Waals surface area contributed by atoms with Crippen molar-refractivity contribution in [2.24, 2.45) is 0 Å². The molecule has 1 aromatic heterocycles. The minimum absolute atomic E-state index is 0.160. The van der Waals surface area contributed by atoms with Crippen LogP contribution in [0.25, 0.3) is 67.2 Å². The lowest BCUT2D eigenvalue weighted by Crippen LogP contribution is -2.15. The zero-order valence-electron chi connectivity index (χ0n) is 24.1. The van der Waals surface area contributed by atoms with E-state index in [1.165, 1.54) is 38.6 Å². The molecular formula is C40H29N3. The van der Waals surface area contributed by atoms with E-state index in [1.807, 2.05) is 24.3 Å². The summed E-state index contributed by atoms with van der Waals surface area (Å²) in [4.78, 5) is 15.2. The highest BCUT2D eigenvalue weighted by atomic mass is 15.0. The SMILES string of the molecule is CC1(C)c2cccc(-c3nc(-c4ccccc4)nc(-c4ccc(-c5ccccc5)cc4)n3)c2-c2ccc3ccccc3c21. The molecule has 8 rings (SSSR count). The number of hydrogen-bond acceptors (Lipinski definition) is 3. The van der Waals surface area contributed by atoms with Crippen molar-refractivity contribution in [1.29, 1.82) is 0 Å². The summed E-state index contributed by atoms with van der Waals surface area (Å²) in [7, 11) is 0. The minimum Gasteiger partial charge on any atom is -0.208 e. The molecule has 0 amide bonds. The second-order valence-corrected chi connectivity index (χ2v) is 11.7. The van der Waals surface area contributed by atoms with Crippen LogP contribution < -0.4 is 0 Å². The van der Waals surface area contributed by atoms with E-state index in [2.05, 4.69) is 129 Å². The van der Waals surface area contributed by atoms with Crippen molar-refractivity contribution in [2.75, 3.05) is 0 Å². The average molecular weight is 552 g/mol. The third kappa shape index (κ3) is 4.16. The molecule has 3 nitrogen and oxygen atoms in total. The van der Waals surface area contributed by atoms with Crippen LogP contribution in [0.2, 0.25) is 0 Å². The standard InChI is InChI=1S/C40H29N3/c1-40(2)34-19-11-18-33(35(34)32-25-24-28-14-9-10-17-31(28)36(32)40)39-42-37(29-15-7-4-8-16-29)41-38(43-39)30-22-20-27(21-23-30)26-12-5-3-6-13-26/h3-25H,1-2H3. The first-order valence-electron chi connectivity index (χ1n) is 14.7. The fraction of sp³-hybridized carbons (Fsp3) is 0.0750. The van der Waals surface area contributed by atoms with Gasteiger partial charge in [-0.2, -0.15) is 0 Å². The molecule has 0 saturated carbocycles. The molecule has 0 saturated heterocycles. The van der Waals surface area contributed by atoms with E-state index in [9.17, 15) is 0 Å². The number of nitrogens with zero attached hydrogens (tertiary/aromatic N) is 3. The van der Waals surface area contributed by atoms with Crippen molar-refractivity contribution in [3.8, 4) is 56.4 Å². The normalized spacial score (nSPS) is 13.1. The summed E-state index contributed by atoms with van der Waals surface area (Å²) in [5.74, 6) is 2.02. The number of hydrogen-bond donors (Lipinski definition) is 0. The Morgan fingerprint density at radius 3 is 1.70 bits per heavy atom. The van der Waals surface area contributed by atoms with Crippen LogP contribution in [0, 0.1) is 0 Å². The van der Waals surface area contributed by atoms with Crippen LogP contribution in [0.4, 0.5) is 0 Å². The van der Waals surface area contributed by atoms with Crippen molar-refractivity contribution in [2.45, 2.75) is 19.3 Å². The Morgan fingerprint density at radius 2 is 0.977 bits per heavy atom. The predicted molar refractivity (Wildman–Crippen MR) is 177 cm³/mol. The summed E-state index contributed by atoms with van der Waals surface area (Å²) in [6.45, 7) is 4.66. The molecule has 1 heterocycles. The van der Waals surface area contributed by atoms with Gasteiger partial charge in [0, 0.05) is 22.1 Å². The van der Waals surface area contributed by atoms with Crippen LogP contribution in [0.15, 0.2) is 140 Å². The van der Waals surface area contributed by atoms with Crippen LogP contribution in [0.1, 0.15) is 25.0 Å². The van der Waals surface area contributed by atoms with Crippen LogP contribution >= 0.6 is 0 Å². The molecule has 0 fully saturated rings. The largest absolute Gasteiger partial charge is 0.208 e. The molecule has 43 heavy (non-hydrogen) atoms. The Labute approximate surface area is 251 Å². The van der Waals surface area contributed by atoms with Gasteiger partial charge in [-0.3, -0.25) is 0 Å². The lowest BCUT2D eigenvalue weighted by atomic mass is 9.80. The summed E-state index contributed by atoms with van der Waals surface area (Å²) in [5.41, 5.74) is 10.3. The van der Waals surface area contributed by atoms with Gasteiger partial charge in [-0.25, -0.2) is 15.0 Å². The Balaban J connectivity index is 1.33. The summed E-state index contributed by atoms with van der Waals surface area (Å²) in [5, 5.41) is 2.56. The maximum absolute atomic E-state index is 5.14. The van der Waals surface area contributed by atoms with E-state index in [1.54, 1.807) is 0 Å². The molecular weight excluding hydrogens is 522 g/mol. The zero-order valence-corrected chi connectivity index (χ0v) is 24.1. The van der Waals surface area contributed by atoms with E-state index >= 15 is 0 Å². The Morgan fingerprint density at radius 1 is 0.419 bits per heavy atom. The van der Waals surface area contributed by atoms with Crippen molar-refractivity contribution >= 4 is 10.8 Å². The van der Waals surface area contributed by atoms with Gasteiger partial charge in [0.15, 0.2) is 17.5 Å². The Hall–Kier alpha value is -5.41. The second kappa shape index (κ2) is 9.85. The van der Waals surface area contributed by atoms with E-state index in [0.29, 0.717) is 17.5 Å². The quantitative estimate of drug-likeness (QED) is 0.218. The molecule has 1 aliphatic rings. The van der Waals surface area contributed by atoms with Crippen molar-refractivity contribution in [3.05, 3.63) is 151 Å². The monoisotopic (exact) mass is 551 g/mol. The Kier molecular flexibility index (Phi) is 5.80. The number of fused-ring (bicyclic) bond motifs is 5. The lowest BCUT2D eigenvalue weighted by Gasteiger charge is -2.23. The molecule has 7 aromatic rings. The molecule has 0 unspecified atom stereocenters. The first-order valence-corrected chi connectivity index (χ1v) is 14.7. The van der Waals surface area contributed by atoms with Gasteiger partial charge >= 0.3 is 0 Å². The van der Waals surface area contributed by atoms with Gasteiger partial charge in [-0.1, -0.05) is 153 Å². The van der Waals surface area contributed by atoms with Gasteiger partial charge < -0.3 is 0 Å². The van der Waals surface area contributed by atoms with Crippen LogP contribution in [-0.4, -0.2) is 15.0 Å². The van der Waals surface area contributed by atoms with Crippen LogP contribution in [0.3, 0.4) is 0 Å². The summed E-state index contributed by atoms with van der Waals surface area (Å²) in [6.07, 6.45) is 0. The zero-order chi connectivity index (χ0) is 29.0. The molecule has 0 atom stereocenters. The van der Waals surface area contributed by atoms with Gasteiger partial charge in [-0.05, 0) is 44.2 Å². The summed E-state index contributed by atoms with van der Waals surface area (Å²) in [6, 6.07) is 48.9. The first-order chi connectivity index (χ1) is 21.1. The fourth-order valence-electron chi connectivity index (χ4n) is 6.62. The number of aromatic nitrogens is 3. The fourth-order valence-corrected chi connectivity index (χ4v) is 6.62. The van der Waals surface area contributed by atoms with Crippen LogP contribution in [0.5, 0.6) is 0 Å². The number of rotatable bonds is 4. The van der Waals surface area contributed by atoms with Gasteiger partial charge in [0.05, 0.1) is 0 Å². The van der Waals surface area contributed by atoms with Gasteiger partial charge in [-0.15, -0.1) is 0 Å². The molecule has 0 bridgehead atoms. The molecule has 0 radical (unpaired) electrons. The van der Waals surface area contributed by atoms with Crippen molar-refractivity contribution < 1.29 is 0 Å². The average Bonchev–Trinajstić information content (AvgIpc) is 3.32.